The van der Waals surface area contributed by atoms with Crippen molar-refractivity contribution < 1.29 is 32.1 Å². The number of hydrogen-bond acceptors (Lipinski definition) is 2. The number of rotatable bonds is 2. The third kappa shape index (κ3) is 2.73. The van der Waals surface area contributed by atoms with Gasteiger partial charge in [0.25, 0.3) is 22.6 Å². The molecule has 0 unspecified atom stereocenters. The van der Waals surface area contributed by atoms with E-state index in [9.17, 15) is 0 Å². The SMILES string of the molecule is CC1=C(/C=C\C[IH+])OCCO1. The average Bonchev–Trinajstić information content (AvgIpc) is 2.03. The summed E-state index contributed by atoms with van der Waals surface area (Å²) in [7, 11) is 0. The Morgan fingerprint density at radius 2 is 2.18 bits per heavy atom. The second kappa shape index (κ2) is 4.64. The lowest BCUT2D eigenvalue weighted by Gasteiger charge is -2.17. The molecular formula is C8H12IO2+. The fourth-order valence-electron chi connectivity index (χ4n) is 0.840. The van der Waals surface area contributed by atoms with Crippen LogP contribution in [-0.4, -0.2) is 17.6 Å². The number of halogens is 1. The highest BCUT2D eigenvalue weighted by Gasteiger charge is 2.07. The first-order valence-corrected chi connectivity index (χ1v) is 5.20. The number of alkyl halides is 1. The molecule has 62 valence electrons. The lowest BCUT2D eigenvalue weighted by atomic mass is 10.3. The molecule has 0 radical (unpaired) electrons. The maximum atomic E-state index is 5.36. The molecule has 0 saturated carbocycles. The molecule has 0 bridgehead atoms. The lowest BCUT2D eigenvalue weighted by Crippen LogP contribution is -3.35. The summed E-state index contributed by atoms with van der Waals surface area (Å²) < 4.78 is 11.7. The molecule has 1 aliphatic rings. The fraction of sp³-hybridized carbons (Fsp3) is 0.500. The van der Waals surface area contributed by atoms with Crippen LogP contribution in [0.3, 0.4) is 0 Å². The zero-order chi connectivity index (χ0) is 8.10. The van der Waals surface area contributed by atoms with Crippen LogP contribution in [0, 0.1) is 0 Å². The average molecular weight is 267 g/mol. The van der Waals surface area contributed by atoms with Crippen molar-refractivity contribution in [2.45, 2.75) is 6.92 Å². The van der Waals surface area contributed by atoms with Gasteiger partial charge in [-0.2, -0.15) is 0 Å². The normalized spacial score (nSPS) is 18.4. The van der Waals surface area contributed by atoms with Gasteiger partial charge < -0.3 is 9.47 Å². The molecule has 0 aromatic rings. The molecule has 0 aromatic heterocycles. The molecule has 0 spiro atoms. The molecule has 0 N–H and O–H groups in total. The largest absolute Gasteiger partial charge is 0.491 e. The van der Waals surface area contributed by atoms with E-state index in [1.54, 1.807) is 0 Å². The van der Waals surface area contributed by atoms with Crippen molar-refractivity contribution in [3.05, 3.63) is 23.7 Å². The second-order valence-electron chi connectivity index (χ2n) is 2.19. The Hall–Kier alpha value is -0.190. The zero-order valence-electron chi connectivity index (χ0n) is 6.50. The van der Waals surface area contributed by atoms with Crippen molar-refractivity contribution in [1.29, 1.82) is 0 Å². The van der Waals surface area contributed by atoms with Gasteiger partial charge in [-0.1, -0.05) is 0 Å². The lowest BCUT2D eigenvalue weighted by molar-refractivity contribution is -0.352. The topological polar surface area (TPSA) is 18.5 Å². The van der Waals surface area contributed by atoms with Gasteiger partial charge in [-0.05, 0) is 19.1 Å². The summed E-state index contributed by atoms with van der Waals surface area (Å²) in [6, 6.07) is 0. The van der Waals surface area contributed by atoms with Crippen LogP contribution in [0.4, 0.5) is 0 Å². The molecule has 0 saturated heterocycles. The Balaban J connectivity index is 2.59. The molecule has 0 fully saturated rings. The Labute approximate surface area is 80.4 Å². The van der Waals surface area contributed by atoms with Crippen molar-refractivity contribution in [3.63, 3.8) is 0 Å². The smallest absolute Gasteiger partial charge is 0.256 e. The van der Waals surface area contributed by atoms with E-state index in [0.717, 1.165) is 15.9 Å². The monoisotopic (exact) mass is 267 g/mol. The van der Waals surface area contributed by atoms with Crippen molar-refractivity contribution in [3.8, 4) is 0 Å². The Bertz CT molecular complexity index is 185. The van der Waals surface area contributed by atoms with Crippen LogP contribution in [0.25, 0.3) is 0 Å². The molecular weight excluding hydrogens is 255 g/mol. The first kappa shape index (κ1) is 8.90. The molecule has 0 amide bonds. The quantitative estimate of drug-likeness (QED) is 0.430. The Kier molecular flexibility index (Phi) is 3.76. The molecule has 3 heteroatoms. The van der Waals surface area contributed by atoms with Gasteiger partial charge in [0, 0.05) is 0 Å². The van der Waals surface area contributed by atoms with Gasteiger partial charge in [0.05, 0.1) is 0 Å². The summed E-state index contributed by atoms with van der Waals surface area (Å²) in [4.78, 5) is 0. The molecule has 0 aromatic carbocycles. The van der Waals surface area contributed by atoms with E-state index in [-0.39, 0.29) is 0 Å². The van der Waals surface area contributed by atoms with E-state index in [2.05, 4.69) is 6.08 Å². The predicted octanol–water partition coefficient (Wildman–Crippen LogP) is -1.89. The molecule has 0 atom stereocenters. The van der Waals surface area contributed by atoms with Gasteiger partial charge >= 0.3 is 0 Å². The Morgan fingerprint density at radius 3 is 2.82 bits per heavy atom. The minimum atomic E-state index is 0.668. The van der Waals surface area contributed by atoms with Crippen LogP contribution in [0.1, 0.15) is 6.92 Å². The van der Waals surface area contributed by atoms with Gasteiger partial charge in [-0.15, -0.1) is 0 Å². The van der Waals surface area contributed by atoms with E-state index in [4.69, 9.17) is 9.47 Å². The van der Waals surface area contributed by atoms with Gasteiger partial charge in [0.1, 0.15) is 19.0 Å². The summed E-state index contributed by atoms with van der Waals surface area (Å²) >= 11 is 2.03. The minimum absolute atomic E-state index is 0.668. The van der Waals surface area contributed by atoms with Gasteiger partial charge in [-0.25, -0.2) is 0 Å². The van der Waals surface area contributed by atoms with Crippen LogP contribution in [0.2, 0.25) is 0 Å². The summed E-state index contributed by atoms with van der Waals surface area (Å²) in [5, 5.41) is 0. The highest BCUT2D eigenvalue weighted by molar-refractivity contribution is 5.16. The zero-order valence-corrected chi connectivity index (χ0v) is 8.83. The highest BCUT2D eigenvalue weighted by Crippen LogP contribution is 2.13. The summed E-state index contributed by atoms with van der Waals surface area (Å²) in [6.45, 7) is 3.27. The van der Waals surface area contributed by atoms with E-state index >= 15 is 0 Å². The maximum Gasteiger partial charge on any atom is 0.256 e. The van der Waals surface area contributed by atoms with E-state index in [0.29, 0.717) is 13.2 Å². The maximum absolute atomic E-state index is 5.36. The standard InChI is InChI=1S/C8H12IO2/c1-7-8(3-2-4-9)11-6-5-10-7/h2-3,9H,4-6H2,1H3/q+1/b3-2-. The van der Waals surface area contributed by atoms with E-state index < -0.39 is 0 Å². The van der Waals surface area contributed by atoms with Crippen LogP contribution >= 0.6 is 0 Å². The summed E-state index contributed by atoms with van der Waals surface area (Å²) in [5.41, 5.74) is 0. The molecule has 1 rings (SSSR count). The number of allylic oxidation sites excluding steroid dienone is 3. The minimum Gasteiger partial charge on any atom is -0.491 e. The summed E-state index contributed by atoms with van der Waals surface area (Å²) in [6.07, 6.45) is 4.04. The van der Waals surface area contributed by atoms with Crippen molar-refractivity contribution in [2.75, 3.05) is 17.6 Å². The van der Waals surface area contributed by atoms with Crippen LogP contribution in [0.15, 0.2) is 23.7 Å². The first-order valence-electron chi connectivity index (χ1n) is 3.55. The fourth-order valence-corrected chi connectivity index (χ4v) is 1.11. The molecule has 1 heterocycles. The van der Waals surface area contributed by atoms with Crippen LogP contribution in [-0.2, 0) is 9.47 Å². The van der Waals surface area contributed by atoms with Gasteiger partial charge in [-0.3, -0.25) is 0 Å². The third-order valence-electron chi connectivity index (χ3n) is 1.37. The molecule has 0 aliphatic carbocycles. The van der Waals surface area contributed by atoms with Crippen LogP contribution < -0.4 is 22.6 Å². The van der Waals surface area contributed by atoms with E-state index in [1.165, 1.54) is 0 Å². The third-order valence-corrected chi connectivity index (χ3v) is 1.92. The van der Waals surface area contributed by atoms with Gasteiger partial charge in [0.15, 0.2) is 10.2 Å². The molecule has 2 nitrogen and oxygen atoms in total. The summed E-state index contributed by atoms with van der Waals surface area (Å²) in [5.74, 6) is 1.77. The Morgan fingerprint density at radius 1 is 1.45 bits per heavy atom. The number of hydrogen-bond donors (Lipinski definition) is 0. The molecule has 11 heavy (non-hydrogen) atoms. The molecule has 1 aliphatic heterocycles. The second-order valence-corrected chi connectivity index (χ2v) is 3.14. The first-order chi connectivity index (χ1) is 5.34. The predicted molar refractivity (Wildman–Crippen MR) is 40.0 cm³/mol. The van der Waals surface area contributed by atoms with E-state index in [1.807, 2.05) is 35.6 Å². The number of ether oxygens (including phenoxy) is 2. The van der Waals surface area contributed by atoms with Crippen LogP contribution in [0.5, 0.6) is 0 Å². The van der Waals surface area contributed by atoms with Crippen molar-refractivity contribution >= 4 is 0 Å². The van der Waals surface area contributed by atoms with Crippen molar-refractivity contribution in [2.24, 2.45) is 0 Å². The van der Waals surface area contributed by atoms with Crippen molar-refractivity contribution in [1.82, 2.24) is 0 Å². The van der Waals surface area contributed by atoms with Gasteiger partial charge in [0.2, 0.25) is 0 Å². The highest BCUT2D eigenvalue weighted by atomic mass is 127.